The number of aliphatic hydroxyl groups is 4. The molecule has 0 aromatic rings. The Balaban J connectivity index is 2.57. The molecule has 1 fully saturated rings. The monoisotopic (exact) mass is 316 g/mol. The summed E-state index contributed by atoms with van der Waals surface area (Å²) in [6.07, 6.45) is 1.58. The van der Waals surface area contributed by atoms with Gasteiger partial charge in [0.05, 0.1) is 31.0 Å². The van der Waals surface area contributed by atoms with Crippen LogP contribution in [0.15, 0.2) is 12.2 Å². The first-order valence-electron chi connectivity index (χ1n) is 8.24. The molecule has 0 aliphatic carbocycles. The van der Waals surface area contributed by atoms with Crippen LogP contribution in [0.1, 0.15) is 40.5 Å². The van der Waals surface area contributed by atoms with E-state index in [9.17, 15) is 20.4 Å². The molecule has 1 rings (SSSR count). The average Bonchev–Trinajstić information content (AvgIpc) is 2.49. The molecule has 0 bridgehead atoms. The summed E-state index contributed by atoms with van der Waals surface area (Å²) in [6.45, 7) is 7.65. The molecule has 8 unspecified atom stereocenters. The van der Waals surface area contributed by atoms with Crippen molar-refractivity contribution in [3.63, 3.8) is 0 Å². The highest BCUT2D eigenvalue weighted by molar-refractivity contribution is 4.92. The molecule has 1 saturated heterocycles. The summed E-state index contributed by atoms with van der Waals surface area (Å²) in [5.41, 5.74) is 0. The molecule has 8 atom stereocenters. The van der Waals surface area contributed by atoms with Crippen LogP contribution in [0, 0.1) is 17.8 Å². The summed E-state index contributed by atoms with van der Waals surface area (Å²) in [4.78, 5) is 0. The lowest BCUT2D eigenvalue weighted by molar-refractivity contribution is -0.168. The summed E-state index contributed by atoms with van der Waals surface area (Å²) in [5.74, 6) is -0.529. The van der Waals surface area contributed by atoms with Gasteiger partial charge < -0.3 is 25.2 Å². The summed E-state index contributed by atoms with van der Waals surface area (Å²) >= 11 is 0. The van der Waals surface area contributed by atoms with Crippen molar-refractivity contribution in [2.45, 2.75) is 71.1 Å². The summed E-state index contributed by atoms with van der Waals surface area (Å²) < 4.78 is 5.67. The zero-order valence-electron chi connectivity index (χ0n) is 14.1. The lowest BCUT2D eigenvalue weighted by Crippen LogP contribution is -2.50. The van der Waals surface area contributed by atoms with Gasteiger partial charge in [0.25, 0.3) is 0 Å². The third-order valence-corrected chi connectivity index (χ3v) is 4.90. The molecule has 1 aliphatic rings. The van der Waals surface area contributed by atoms with Crippen LogP contribution >= 0.6 is 0 Å². The number of hydrogen-bond acceptors (Lipinski definition) is 5. The maximum atomic E-state index is 10.3. The van der Waals surface area contributed by atoms with Crippen molar-refractivity contribution in [1.29, 1.82) is 0 Å². The molecule has 4 N–H and O–H groups in total. The minimum atomic E-state index is -0.909. The highest BCUT2D eigenvalue weighted by atomic mass is 16.5. The van der Waals surface area contributed by atoms with E-state index in [0.717, 1.165) is 0 Å². The predicted molar refractivity (Wildman–Crippen MR) is 85.3 cm³/mol. The second-order valence-corrected chi connectivity index (χ2v) is 6.72. The van der Waals surface area contributed by atoms with Gasteiger partial charge in [0.1, 0.15) is 6.10 Å². The predicted octanol–water partition coefficient (Wildman–Crippen LogP) is 1.09. The van der Waals surface area contributed by atoms with Gasteiger partial charge in [-0.2, -0.15) is 0 Å². The van der Waals surface area contributed by atoms with Gasteiger partial charge in [-0.05, 0) is 32.6 Å². The topological polar surface area (TPSA) is 90.2 Å². The van der Waals surface area contributed by atoms with Crippen LogP contribution in [0.2, 0.25) is 0 Å². The van der Waals surface area contributed by atoms with E-state index in [1.54, 1.807) is 6.92 Å². The number of aliphatic hydroxyl groups excluding tert-OH is 4. The van der Waals surface area contributed by atoms with Gasteiger partial charge in [-0.25, -0.2) is 0 Å². The fourth-order valence-electron chi connectivity index (χ4n) is 3.05. The van der Waals surface area contributed by atoms with Crippen LogP contribution < -0.4 is 0 Å². The number of allylic oxidation sites excluding steroid dienone is 1. The molecule has 1 heterocycles. The maximum absolute atomic E-state index is 10.3. The number of hydrogen-bond donors (Lipinski definition) is 4. The van der Waals surface area contributed by atoms with Gasteiger partial charge in [0, 0.05) is 11.8 Å². The largest absolute Gasteiger partial charge is 0.393 e. The fraction of sp³-hybridized carbons (Fsp3) is 0.882. The fourth-order valence-corrected chi connectivity index (χ4v) is 3.05. The zero-order chi connectivity index (χ0) is 16.9. The first-order chi connectivity index (χ1) is 10.3. The quantitative estimate of drug-likeness (QED) is 0.528. The Bertz CT molecular complexity index is 344. The minimum absolute atomic E-state index is 0.0906. The number of ether oxygens (including phenoxy) is 1. The van der Waals surface area contributed by atoms with Crippen LogP contribution in [-0.2, 0) is 4.74 Å². The van der Waals surface area contributed by atoms with Gasteiger partial charge in [0.2, 0.25) is 0 Å². The molecule has 22 heavy (non-hydrogen) atoms. The number of rotatable bonds is 7. The Kier molecular flexibility index (Phi) is 8.00. The van der Waals surface area contributed by atoms with Crippen LogP contribution in [-0.4, -0.2) is 57.6 Å². The third-order valence-electron chi connectivity index (χ3n) is 4.90. The van der Waals surface area contributed by atoms with E-state index >= 15 is 0 Å². The minimum Gasteiger partial charge on any atom is -0.393 e. The van der Waals surface area contributed by atoms with Crippen LogP contribution in [0.3, 0.4) is 0 Å². The molecular formula is C17H32O5. The van der Waals surface area contributed by atoms with Crippen molar-refractivity contribution < 1.29 is 25.2 Å². The Morgan fingerprint density at radius 1 is 1.14 bits per heavy atom. The molecule has 0 radical (unpaired) electrons. The van der Waals surface area contributed by atoms with Gasteiger partial charge in [-0.1, -0.05) is 26.0 Å². The Morgan fingerprint density at radius 2 is 1.77 bits per heavy atom. The Hall–Kier alpha value is -0.460. The average molecular weight is 316 g/mol. The Morgan fingerprint density at radius 3 is 2.32 bits per heavy atom. The van der Waals surface area contributed by atoms with Crippen molar-refractivity contribution in [3.05, 3.63) is 12.2 Å². The first-order valence-corrected chi connectivity index (χ1v) is 8.24. The molecule has 5 nitrogen and oxygen atoms in total. The van der Waals surface area contributed by atoms with Crippen LogP contribution in [0.25, 0.3) is 0 Å². The lowest BCUT2D eigenvalue weighted by atomic mass is 9.80. The van der Waals surface area contributed by atoms with Gasteiger partial charge in [-0.3, -0.25) is 0 Å². The molecule has 1 aliphatic heterocycles. The first kappa shape index (κ1) is 19.6. The lowest BCUT2D eigenvalue weighted by Gasteiger charge is -2.39. The molecule has 0 saturated carbocycles. The van der Waals surface area contributed by atoms with Gasteiger partial charge in [-0.15, -0.1) is 0 Å². The summed E-state index contributed by atoms with van der Waals surface area (Å²) in [5, 5.41) is 40.3. The molecule has 0 amide bonds. The van der Waals surface area contributed by atoms with E-state index in [2.05, 4.69) is 0 Å². The van der Waals surface area contributed by atoms with Crippen molar-refractivity contribution in [1.82, 2.24) is 0 Å². The SMILES string of the molecule is CC=CCC1OCC(CC(C)C(O)C(C)C(C)O)C(O)C1O. The second kappa shape index (κ2) is 8.99. The molecular weight excluding hydrogens is 284 g/mol. The van der Waals surface area contributed by atoms with Crippen molar-refractivity contribution in [2.24, 2.45) is 17.8 Å². The van der Waals surface area contributed by atoms with Crippen molar-refractivity contribution >= 4 is 0 Å². The zero-order valence-corrected chi connectivity index (χ0v) is 14.1. The van der Waals surface area contributed by atoms with E-state index in [1.807, 2.05) is 32.9 Å². The van der Waals surface area contributed by atoms with Crippen LogP contribution in [0.5, 0.6) is 0 Å². The van der Waals surface area contributed by atoms with E-state index in [-0.39, 0.29) is 23.9 Å². The van der Waals surface area contributed by atoms with E-state index in [1.165, 1.54) is 0 Å². The van der Waals surface area contributed by atoms with Gasteiger partial charge in [0.15, 0.2) is 0 Å². The normalized spacial score (nSPS) is 35.3. The maximum Gasteiger partial charge on any atom is 0.107 e. The van der Waals surface area contributed by atoms with E-state index < -0.39 is 24.4 Å². The van der Waals surface area contributed by atoms with Crippen molar-refractivity contribution in [2.75, 3.05) is 6.61 Å². The standard InChI is InChI=1S/C17H32O5/c1-5-6-7-14-17(21)16(20)13(9-22-14)8-10(2)15(19)11(3)12(4)18/h5-6,10-21H,7-9H2,1-4H3. The second-order valence-electron chi connectivity index (χ2n) is 6.72. The molecule has 130 valence electrons. The highest BCUT2D eigenvalue weighted by Crippen LogP contribution is 2.30. The van der Waals surface area contributed by atoms with Crippen molar-refractivity contribution in [3.8, 4) is 0 Å². The molecule has 0 aromatic heterocycles. The summed E-state index contributed by atoms with van der Waals surface area (Å²) in [7, 11) is 0. The van der Waals surface area contributed by atoms with Crippen LogP contribution in [0.4, 0.5) is 0 Å². The summed E-state index contributed by atoms with van der Waals surface area (Å²) in [6, 6.07) is 0. The smallest absolute Gasteiger partial charge is 0.107 e. The molecule has 5 heteroatoms. The highest BCUT2D eigenvalue weighted by Gasteiger charge is 2.39. The Labute approximate surface area is 133 Å². The third kappa shape index (κ3) is 5.03. The van der Waals surface area contributed by atoms with E-state index in [0.29, 0.717) is 19.4 Å². The molecule has 0 aromatic carbocycles. The molecule has 0 spiro atoms. The van der Waals surface area contributed by atoms with Gasteiger partial charge >= 0.3 is 0 Å². The van der Waals surface area contributed by atoms with E-state index in [4.69, 9.17) is 4.74 Å².